The van der Waals surface area contributed by atoms with Crippen molar-refractivity contribution in [2.75, 3.05) is 13.2 Å². The molecular formula is C25H27F2N3O2. The lowest BCUT2D eigenvalue weighted by molar-refractivity contribution is -0.0229. The summed E-state index contributed by atoms with van der Waals surface area (Å²) in [6.45, 7) is 4.92. The number of hydrogen-bond donors (Lipinski definition) is 0. The van der Waals surface area contributed by atoms with Crippen molar-refractivity contribution in [3.63, 3.8) is 0 Å². The Kier molecular flexibility index (Phi) is 6.37. The first-order valence-electron chi connectivity index (χ1n) is 10.9. The molecule has 5 nitrogen and oxygen atoms in total. The largest absolute Gasteiger partial charge is 0.373 e. The third kappa shape index (κ3) is 4.30. The normalized spacial score (nSPS) is 18.5. The first-order valence-corrected chi connectivity index (χ1v) is 10.9. The van der Waals surface area contributed by atoms with Gasteiger partial charge in [0.1, 0.15) is 11.6 Å². The van der Waals surface area contributed by atoms with Gasteiger partial charge in [-0.25, -0.2) is 8.78 Å². The Morgan fingerprint density at radius 2 is 1.94 bits per heavy atom. The second-order valence-corrected chi connectivity index (χ2v) is 8.14. The maximum Gasteiger partial charge on any atom is 0.257 e. The van der Waals surface area contributed by atoms with Crippen molar-refractivity contribution >= 4 is 5.91 Å². The smallest absolute Gasteiger partial charge is 0.257 e. The molecule has 2 heterocycles. The molecule has 1 amide bonds. The van der Waals surface area contributed by atoms with Gasteiger partial charge in [-0.05, 0) is 55.5 Å². The van der Waals surface area contributed by atoms with Gasteiger partial charge in [-0.1, -0.05) is 24.3 Å². The molecule has 1 aliphatic rings. The van der Waals surface area contributed by atoms with Gasteiger partial charge in [-0.15, -0.1) is 0 Å². The molecule has 0 saturated carbocycles. The Morgan fingerprint density at radius 3 is 2.59 bits per heavy atom. The number of carbonyl (C=O) groups is 1. The van der Waals surface area contributed by atoms with Gasteiger partial charge >= 0.3 is 0 Å². The summed E-state index contributed by atoms with van der Waals surface area (Å²) in [6.07, 6.45) is 2.67. The number of amides is 1. The van der Waals surface area contributed by atoms with Crippen LogP contribution in [0.5, 0.6) is 0 Å². The van der Waals surface area contributed by atoms with Crippen molar-refractivity contribution in [3.8, 4) is 11.1 Å². The Balaban J connectivity index is 1.62. The summed E-state index contributed by atoms with van der Waals surface area (Å²) in [5, 5.41) is 4.20. The van der Waals surface area contributed by atoms with Gasteiger partial charge < -0.3 is 9.64 Å². The Hall–Kier alpha value is -3.06. The predicted molar refractivity (Wildman–Crippen MR) is 118 cm³/mol. The fourth-order valence-corrected chi connectivity index (χ4v) is 4.46. The molecule has 0 aliphatic carbocycles. The maximum atomic E-state index is 13.9. The molecule has 2 atom stereocenters. The summed E-state index contributed by atoms with van der Waals surface area (Å²) >= 11 is 0. The lowest BCUT2D eigenvalue weighted by atomic mass is 9.90. The minimum atomic E-state index is -0.619. The summed E-state index contributed by atoms with van der Waals surface area (Å²) in [4.78, 5) is 15.1. The molecule has 168 valence electrons. The highest BCUT2D eigenvalue weighted by molar-refractivity contribution is 5.95. The molecule has 0 radical (unpaired) electrons. The van der Waals surface area contributed by atoms with Crippen molar-refractivity contribution < 1.29 is 18.3 Å². The highest BCUT2D eigenvalue weighted by Gasteiger charge is 2.32. The van der Waals surface area contributed by atoms with E-state index >= 15 is 0 Å². The Bertz CT molecular complexity index is 1110. The van der Waals surface area contributed by atoms with Gasteiger partial charge in [0.05, 0.1) is 17.9 Å². The van der Waals surface area contributed by atoms with Crippen LogP contribution in [0, 0.1) is 18.6 Å². The molecule has 32 heavy (non-hydrogen) atoms. The maximum absolute atomic E-state index is 13.9. The summed E-state index contributed by atoms with van der Waals surface area (Å²) in [5.74, 6) is -1.28. The molecule has 1 fully saturated rings. The molecule has 7 heteroatoms. The first-order chi connectivity index (χ1) is 15.4. The zero-order chi connectivity index (χ0) is 22.8. The van der Waals surface area contributed by atoms with Crippen LogP contribution < -0.4 is 0 Å². The quantitative estimate of drug-likeness (QED) is 0.559. The van der Waals surface area contributed by atoms with E-state index in [0.717, 1.165) is 29.3 Å². The molecule has 0 unspecified atom stereocenters. The number of nitrogens with zero attached hydrogens (tertiary/aromatic N) is 3. The number of carbonyl (C=O) groups excluding carboxylic acids is 1. The van der Waals surface area contributed by atoms with Gasteiger partial charge in [-0.3, -0.25) is 9.48 Å². The zero-order valence-corrected chi connectivity index (χ0v) is 18.5. The van der Waals surface area contributed by atoms with E-state index in [0.29, 0.717) is 30.7 Å². The summed E-state index contributed by atoms with van der Waals surface area (Å²) < 4.78 is 35.5. The fourth-order valence-electron chi connectivity index (χ4n) is 4.46. The van der Waals surface area contributed by atoms with Gasteiger partial charge in [0, 0.05) is 38.0 Å². The van der Waals surface area contributed by atoms with Gasteiger partial charge in [0.25, 0.3) is 5.91 Å². The number of hydrogen-bond acceptors (Lipinski definition) is 3. The van der Waals surface area contributed by atoms with Crippen LogP contribution in [-0.4, -0.2) is 39.8 Å². The highest BCUT2D eigenvalue weighted by Crippen LogP contribution is 2.37. The van der Waals surface area contributed by atoms with Gasteiger partial charge in [0.2, 0.25) is 0 Å². The first kappa shape index (κ1) is 22.1. The van der Waals surface area contributed by atoms with Crippen LogP contribution >= 0.6 is 0 Å². The summed E-state index contributed by atoms with van der Waals surface area (Å²) in [7, 11) is 1.82. The van der Waals surface area contributed by atoms with E-state index in [2.05, 4.69) is 5.10 Å². The molecule has 0 N–H and O–H groups in total. The molecule has 0 bridgehead atoms. The monoisotopic (exact) mass is 439 g/mol. The molecule has 3 aromatic rings. The Labute approximate surface area is 186 Å². The molecule has 2 aromatic carbocycles. The van der Waals surface area contributed by atoms with E-state index in [1.54, 1.807) is 10.9 Å². The van der Waals surface area contributed by atoms with Crippen LogP contribution in [0.1, 0.15) is 47.5 Å². The van der Waals surface area contributed by atoms with E-state index in [4.69, 9.17) is 4.74 Å². The Morgan fingerprint density at radius 1 is 1.22 bits per heavy atom. The number of aromatic nitrogens is 2. The minimum absolute atomic E-state index is 0.0110. The molecule has 1 aliphatic heterocycles. The summed E-state index contributed by atoms with van der Waals surface area (Å²) in [5.41, 5.74) is 3.50. The number of benzene rings is 2. The average molecular weight is 440 g/mol. The van der Waals surface area contributed by atoms with E-state index in [1.165, 1.54) is 12.1 Å². The zero-order valence-electron chi connectivity index (χ0n) is 18.5. The van der Waals surface area contributed by atoms with E-state index in [-0.39, 0.29) is 18.1 Å². The predicted octanol–water partition coefficient (Wildman–Crippen LogP) is 5.06. The number of aryl methyl sites for hydroxylation is 1. The SMILES string of the molecule is CCN(C(=O)c1cnn(C)c1C)[C@H]1CCO[C@@H](c2ccccc2-c2cc(F)cc(F)c2)C1. The lowest BCUT2D eigenvalue weighted by Gasteiger charge is -2.37. The minimum Gasteiger partial charge on any atom is -0.373 e. The third-order valence-electron chi connectivity index (χ3n) is 6.25. The van der Waals surface area contributed by atoms with Gasteiger partial charge in [0.15, 0.2) is 0 Å². The van der Waals surface area contributed by atoms with E-state index < -0.39 is 11.6 Å². The van der Waals surface area contributed by atoms with Gasteiger partial charge in [-0.2, -0.15) is 5.10 Å². The molecule has 0 spiro atoms. The van der Waals surface area contributed by atoms with Crippen molar-refractivity contribution in [1.29, 1.82) is 0 Å². The van der Waals surface area contributed by atoms with Crippen LogP contribution in [-0.2, 0) is 11.8 Å². The molecule has 1 saturated heterocycles. The fraction of sp³-hybridized carbons (Fsp3) is 0.360. The second kappa shape index (κ2) is 9.20. The van der Waals surface area contributed by atoms with Crippen molar-refractivity contribution in [2.24, 2.45) is 7.05 Å². The lowest BCUT2D eigenvalue weighted by Crippen LogP contribution is -2.44. The third-order valence-corrected chi connectivity index (χ3v) is 6.25. The highest BCUT2D eigenvalue weighted by atomic mass is 19.1. The number of rotatable bonds is 5. The van der Waals surface area contributed by atoms with Crippen molar-refractivity contribution in [2.45, 2.75) is 38.8 Å². The molecule has 1 aromatic heterocycles. The number of ether oxygens (including phenoxy) is 1. The molecule has 4 rings (SSSR count). The summed E-state index contributed by atoms with van der Waals surface area (Å²) in [6, 6.07) is 11.0. The standard InChI is InChI=1S/C25H27F2N3O2/c1-4-30(25(31)23-15-28-29(3)16(23)2)20-9-10-32-24(14-20)22-8-6-5-7-21(22)17-11-18(26)13-19(27)12-17/h5-8,11-13,15,20,24H,4,9-10,14H2,1-3H3/t20-,24+/m0/s1. The average Bonchev–Trinajstić information content (AvgIpc) is 3.12. The van der Waals surface area contributed by atoms with Crippen LogP contribution in [0.3, 0.4) is 0 Å². The van der Waals surface area contributed by atoms with Crippen LogP contribution in [0.2, 0.25) is 0 Å². The number of halogens is 2. The van der Waals surface area contributed by atoms with Crippen molar-refractivity contribution in [1.82, 2.24) is 14.7 Å². The van der Waals surface area contributed by atoms with Crippen LogP contribution in [0.25, 0.3) is 11.1 Å². The van der Waals surface area contributed by atoms with E-state index in [1.807, 2.05) is 50.1 Å². The van der Waals surface area contributed by atoms with Crippen LogP contribution in [0.15, 0.2) is 48.7 Å². The second-order valence-electron chi connectivity index (χ2n) is 8.14. The van der Waals surface area contributed by atoms with Crippen LogP contribution in [0.4, 0.5) is 8.78 Å². The van der Waals surface area contributed by atoms with Crippen molar-refractivity contribution in [3.05, 3.63) is 77.1 Å². The molecular weight excluding hydrogens is 412 g/mol. The van der Waals surface area contributed by atoms with E-state index in [9.17, 15) is 13.6 Å². The topological polar surface area (TPSA) is 47.4 Å².